The Balaban J connectivity index is 2.17. The quantitative estimate of drug-likeness (QED) is 0.350. The minimum atomic E-state index is -0.620. The van der Waals surface area contributed by atoms with E-state index in [-0.39, 0.29) is 29.2 Å². The molecule has 0 aromatic heterocycles. The highest BCUT2D eigenvalue weighted by atomic mass is 16.7. The van der Waals surface area contributed by atoms with Gasteiger partial charge in [0.15, 0.2) is 0 Å². The number of rotatable bonds is 5. The molecule has 164 valence electrons. The largest absolute Gasteiger partial charge is 0.454 e. The van der Waals surface area contributed by atoms with E-state index in [4.69, 9.17) is 14.2 Å². The van der Waals surface area contributed by atoms with Gasteiger partial charge in [0, 0.05) is 36.3 Å². The van der Waals surface area contributed by atoms with Crippen LogP contribution in [0.4, 0.5) is 0 Å². The van der Waals surface area contributed by atoms with Gasteiger partial charge in [-0.05, 0) is 64.0 Å². The fourth-order valence-electron chi connectivity index (χ4n) is 5.16. The Morgan fingerprint density at radius 1 is 1.23 bits per heavy atom. The molecule has 0 saturated carbocycles. The van der Waals surface area contributed by atoms with Crippen LogP contribution in [0.5, 0.6) is 11.5 Å². The van der Waals surface area contributed by atoms with Gasteiger partial charge < -0.3 is 14.2 Å². The number of aryl methyl sites for hydroxylation is 1. The minimum Gasteiger partial charge on any atom is -0.454 e. The Labute approximate surface area is 179 Å². The summed E-state index contributed by atoms with van der Waals surface area (Å²) in [4.78, 5) is 23.6. The maximum Gasteiger partial charge on any atom is 0.308 e. The molecule has 2 aliphatic rings. The summed E-state index contributed by atoms with van der Waals surface area (Å²) in [5.74, 6) is 1.03. The first-order chi connectivity index (χ1) is 14.0. The lowest BCUT2D eigenvalue weighted by atomic mass is 9.59. The first-order valence-corrected chi connectivity index (χ1v) is 10.9. The molecule has 3 rings (SSSR count). The van der Waals surface area contributed by atoms with Crippen LogP contribution in [-0.2, 0) is 19.7 Å². The average molecular weight is 415 g/mol. The van der Waals surface area contributed by atoms with E-state index in [9.17, 15) is 9.59 Å². The molecule has 1 aliphatic heterocycles. The summed E-state index contributed by atoms with van der Waals surface area (Å²) in [6.45, 7) is 13.4. The van der Waals surface area contributed by atoms with Gasteiger partial charge in [-0.1, -0.05) is 25.5 Å². The number of carbonyl (C=O) groups is 2. The Hall–Kier alpha value is -2.30. The van der Waals surface area contributed by atoms with Crippen molar-refractivity contribution in [3.05, 3.63) is 34.4 Å². The van der Waals surface area contributed by atoms with Gasteiger partial charge in [0.2, 0.25) is 6.29 Å². The van der Waals surface area contributed by atoms with Crippen molar-refractivity contribution >= 4 is 11.9 Å². The van der Waals surface area contributed by atoms with Crippen LogP contribution in [-0.4, -0.2) is 18.2 Å². The molecule has 0 amide bonds. The second kappa shape index (κ2) is 8.44. The fourth-order valence-corrected chi connectivity index (χ4v) is 5.16. The SMILES string of the molecule is CC(=O)Oc1cc(C)c2c3c1[C@H](C)CC[C@@]3(C)[C@H](CCC=C(C)C)C(OC(C)=O)O2. The van der Waals surface area contributed by atoms with E-state index >= 15 is 0 Å². The van der Waals surface area contributed by atoms with Gasteiger partial charge in [-0.15, -0.1) is 0 Å². The standard InChI is InChI=1S/C25H34O5/c1-14(2)9-8-10-19-24(29-18(6)27)30-23-16(4)13-20(28-17(5)26)21-15(3)11-12-25(19,7)22(21)23/h9,13,15,19,24H,8,10-12H2,1-7H3/t15-,19-,24?,25+/m1/s1. The van der Waals surface area contributed by atoms with Crippen LogP contribution >= 0.6 is 0 Å². The zero-order valence-electron chi connectivity index (χ0n) is 19.3. The summed E-state index contributed by atoms with van der Waals surface area (Å²) < 4.78 is 17.7. The van der Waals surface area contributed by atoms with Gasteiger partial charge in [-0.25, -0.2) is 0 Å². The number of allylic oxidation sites excluding steroid dienone is 2. The molecule has 1 aromatic carbocycles. The van der Waals surface area contributed by atoms with E-state index in [1.807, 2.05) is 13.0 Å². The van der Waals surface area contributed by atoms with E-state index in [1.54, 1.807) is 0 Å². The lowest BCUT2D eigenvalue weighted by molar-refractivity contribution is -0.179. The van der Waals surface area contributed by atoms with Crippen molar-refractivity contribution in [1.82, 2.24) is 0 Å². The van der Waals surface area contributed by atoms with E-state index < -0.39 is 6.29 Å². The second-order valence-electron chi connectivity index (χ2n) is 9.32. The molecule has 1 heterocycles. The van der Waals surface area contributed by atoms with Gasteiger partial charge in [0.05, 0.1) is 0 Å². The molecule has 4 atom stereocenters. The van der Waals surface area contributed by atoms with Gasteiger partial charge in [0.1, 0.15) is 11.5 Å². The van der Waals surface area contributed by atoms with Crippen molar-refractivity contribution in [3.8, 4) is 11.5 Å². The van der Waals surface area contributed by atoms with Gasteiger partial charge >= 0.3 is 11.9 Å². The summed E-state index contributed by atoms with van der Waals surface area (Å²) in [6.07, 6.45) is 5.29. The molecular weight excluding hydrogens is 380 g/mol. The van der Waals surface area contributed by atoms with Crippen LogP contribution in [0.15, 0.2) is 17.7 Å². The minimum absolute atomic E-state index is 0.0164. The number of benzene rings is 1. The topological polar surface area (TPSA) is 61.8 Å². The Morgan fingerprint density at radius 2 is 1.93 bits per heavy atom. The third-order valence-corrected chi connectivity index (χ3v) is 6.58. The maximum atomic E-state index is 11.9. The third-order valence-electron chi connectivity index (χ3n) is 6.58. The number of hydrogen-bond acceptors (Lipinski definition) is 5. The van der Waals surface area contributed by atoms with Crippen LogP contribution in [0, 0.1) is 12.8 Å². The summed E-state index contributed by atoms with van der Waals surface area (Å²) >= 11 is 0. The first-order valence-electron chi connectivity index (χ1n) is 10.9. The van der Waals surface area contributed by atoms with Crippen LogP contribution in [0.1, 0.15) is 89.8 Å². The molecular formula is C25H34O5. The maximum absolute atomic E-state index is 11.9. The zero-order chi connectivity index (χ0) is 22.2. The molecule has 1 aromatic rings. The van der Waals surface area contributed by atoms with Crippen molar-refractivity contribution in [2.75, 3.05) is 0 Å². The molecule has 5 nitrogen and oxygen atoms in total. The molecule has 1 aliphatic carbocycles. The van der Waals surface area contributed by atoms with Crippen LogP contribution in [0.25, 0.3) is 0 Å². The monoisotopic (exact) mass is 414 g/mol. The highest BCUT2D eigenvalue weighted by Gasteiger charge is 2.52. The molecule has 0 radical (unpaired) electrons. The van der Waals surface area contributed by atoms with E-state index in [0.29, 0.717) is 5.75 Å². The number of hydrogen-bond donors (Lipinski definition) is 0. The average Bonchev–Trinajstić information content (AvgIpc) is 2.61. The van der Waals surface area contributed by atoms with Crippen molar-refractivity contribution in [3.63, 3.8) is 0 Å². The van der Waals surface area contributed by atoms with E-state index in [1.165, 1.54) is 19.4 Å². The highest BCUT2D eigenvalue weighted by molar-refractivity contribution is 5.72. The Bertz CT molecular complexity index is 880. The predicted octanol–water partition coefficient (Wildman–Crippen LogP) is 5.72. The highest BCUT2D eigenvalue weighted by Crippen LogP contribution is 2.58. The van der Waals surface area contributed by atoms with Gasteiger partial charge in [-0.3, -0.25) is 9.59 Å². The fraction of sp³-hybridized carbons (Fsp3) is 0.600. The number of esters is 2. The molecule has 0 fully saturated rings. The first kappa shape index (κ1) is 22.4. The molecule has 30 heavy (non-hydrogen) atoms. The smallest absolute Gasteiger partial charge is 0.308 e. The normalized spacial score (nSPS) is 26.8. The molecule has 0 bridgehead atoms. The van der Waals surface area contributed by atoms with Gasteiger partial charge in [0.25, 0.3) is 0 Å². The predicted molar refractivity (Wildman–Crippen MR) is 116 cm³/mol. The van der Waals surface area contributed by atoms with Crippen molar-refractivity contribution in [2.45, 2.75) is 91.8 Å². The van der Waals surface area contributed by atoms with Crippen LogP contribution < -0.4 is 9.47 Å². The van der Waals surface area contributed by atoms with E-state index in [2.05, 4.69) is 33.8 Å². The molecule has 0 saturated heterocycles. The molecule has 5 heteroatoms. The lowest BCUT2D eigenvalue weighted by Crippen LogP contribution is -2.50. The Morgan fingerprint density at radius 3 is 2.53 bits per heavy atom. The molecule has 1 unspecified atom stereocenters. The van der Waals surface area contributed by atoms with Crippen molar-refractivity contribution < 1.29 is 23.8 Å². The lowest BCUT2D eigenvalue weighted by Gasteiger charge is -2.51. The number of ether oxygens (including phenoxy) is 3. The summed E-state index contributed by atoms with van der Waals surface area (Å²) in [5.41, 5.74) is 4.13. The third kappa shape index (κ3) is 4.12. The summed E-state index contributed by atoms with van der Waals surface area (Å²) in [5, 5.41) is 0. The zero-order valence-corrected chi connectivity index (χ0v) is 19.3. The Kier molecular flexibility index (Phi) is 6.30. The van der Waals surface area contributed by atoms with E-state index in [0.717, 1.165) is 48.1 Å². The van der Waals surface area contributed by atoms with Crippen molar-refractivity contribution in [1.29, 1.82) is 0 Å². The second-order valence-corrected chi connectivity index (χ2v) is 9.32. The van der Waals surface area contributed by atoms with Gasteiger partial charge in [-0.2, -0.15) is 0 Å². The summed E-state index contributed by atoms with van der Waals surface area (Å²) in [7, 11) is 0. The number of carbonyl (C=O) groups excluding carboxylic acids is 2. The van der Waals surface area contributed by atoms with Crippen molar-refractivity contribution in [2.24, 2.45) is 5.92 Å². The van der Waals surface area contributed by atoms with Crippen LogP contribution in [0.3, 0.4) is 0 Å². The van der Waals surface area contributed by atoms with Crippen LogP contribution in [0.2, 0.25) is 0 Å². The summed E-state index contributed by atoms with van der Waals surface area (Å²) in [6, 6.07) is 1.88. The molecule has 0 spiro atoms. The molecule has 0 N–H and O–H groups in total.